The molecule has 1 aromatic carbocycles. The molecular weight excluding hydrogens is 279 g/mol. The van der Waals surface area contributed by atoms with Crippen molar-refractivity contribution in [1.29, 1.82) is 0 Å². The van der Waals surface area contributed by atoms with Crippen molar-refractivity contribution in [2.45, 2.75) is 45.6 Å². The molecule has 3 rings (SSSR count). The van der Waals surface area contributed by atoms with E-state index < -0.39 is 0 Å². The molecule has 0 bridgehead atoms. The topological polar surface area (TPSA) is 41.0 Å². The van der Waals surface area contributed by atoms with Crippen molar-refractivity contribution in [3.63, 3.8) is 0 Å². The predicted octanol–water partition coefficient (Wildman–Crippen LogP) is 3.89. The Balaban J connectivity index is 2.17. The summed E-state index contributed by atoms with van der Waals surface area (Å²) in [5.74, 6) is 0.526. The average Bonchev–Trinajstić information content (AvgIpc) is 2.50. The van der Waals surface area contributed by atoms with Crippen LogP contribution in [0.1, 0.15) is 38.8 Å². The van der Waals surface area contributed by atoms with E-state index in [1.165, 1.54) is 0 Å². The van der Waals surface area contributed by atoms with Crippen LogP contribution in [0.5, 0.6) is 0 Å². The molecule has 1 aliphatic heterocycles. The third kappa shape index (κ3) is 2.02. The second-order valence-corrected chi connectivity index (χ2v) is 6.07. The fraction of sp³-hybridized carbons (Fsp3) is 0.529. The zero-order chi connectivity index (χ0) is 15.9. The Labute approximate surface area is 130 Å². The monoisotopic (exact) mass is 302 g/mol. The molecule has 0 unspecified atom stereocenters. The summed E-state index contributed by atoms with van der Waals surface area (Å²) in [6.45, 7) is 7.14. The quantitative estimate of drug-likeness (QED) is 0.930. The fourth-order valence-corrected chi connectivity index (χ4v) is 3.58. The molecule has 2 heterocycles. The number of hydrogen-bond acceptors (Lipinski definition) is 4. The van der Waals surface area contributed by atoms with Crippen molar-refractivity contribution in [1.82, 2.24) is 10.2 Å². The highest BCUT2D eigenvalue weighted by Gasteiger charge is 2.42. The van der Waals surface area contributed by atoms with Crippen molar-refractivity contribution in [3.8, 4) is 0 Å². The number of aromatic nitrogens is 2. The molecule has 5 heteroatoms. The van der Waals surface area contributed by atoms with Gasteiger partial charge in [-0.15, -0.1) is 5.10 Å². The van der Waals surface area contributed by atoms with Gasteiger partial charge in [0.15, 0.2) is 5.82 Å². The molecule has 1 saturated heterocycles. The van der Waals surface area contributed by atoms with Crippen LogP contribution in [0, 0.1) is 12.7 Å². The number of rotatable bonds is 4. The third-order valence-electron chi connectivity index (χ3n) is 5.25. The van der Waals surface area contributed by atoms with Gasteiger partial charge in [-0.05, 0) is 38.3 Å². The molecule has 2 aromatic rings. The summed E-state index contributed by atoms with van der Waals surface area (Å²) in [4.78, 5) is 2.22. The lowest BCUT2D eigenvalue weighted by Gasteiger charge is -2.54. The van der Waals surface area contributed by atoms with Crippen molar-refractivity contribution in [3.05, 3.63) is 23.6 Å². The highest BCUT2D eigenvalue weighted by atomic mass is 19.1. The summed E-state index contributed by atoms with van der Waals surface area (Å²) in [5.41, 5.74) is 1.54. The van der Waals surface area contributed by atoms with Crippen LogP contribution in [0.2, 0.25) is 0 Å². The summed E-state index contributed by atoms with van der Waals surface area (Å²) in [6, 6.07) is 3.53. The normalized spacial score (nSPS) is 16.7. The fourth-order valence-electron chi connectivity index (χ4n) is 3.58. The van der Waals surface area contributed by atoms with Crippen molar-refractivity contribution >= 4 is 22.3 Å². The van der Waals surface area contributed by atoms with Gasteiger partial charge < -0.3 is 10.2 Å². The number of nitrogens with one attached hydrogen (secondary N) is 1. The summed E-state index contributed by atoms with van der Waals surface area (Å²) >= 11 is 0. The number of nitrogens with zero attached hydrogens (tertiary/aromatic N) is 3. The molecule has 0 saturated carbocycles. The van der Waals surface area contributed by atoms with Gasteiger partial charge in [0, 0.05) is 29.9 Å². The van der Waals surface area contributed by atoms with E-state index in [2.05, 4.69) is 34.3 Å². The molecular formula is C17H23FN4. The van der Waals surface area contributed by atoms with Gasteiger partial charge in [-0.3, -0.25) is 0 Å². The largest absolute Gasteiger partial charge is 0.371 e. The molecule has 1 N–H and O–H groups in total. The van der Waals surface area contributed by atoms with Crippen LogP contribution in [-0.2, 0) is 0 Å². The Morgan fingerprint density at radius 3 is 2.50 bits per heavy atom. The maximum atomic E-state index is 14.7. The lowest BCUT2D eigenvalue weighted by atomic mass is 9.79. The first-order chi connectivity index (χ1) is 10.6. The molecule has 118 valence electrons. The number of fused-ring (bicyclic) bond motifs is 1. The molecule has 1 aliphatic rings. The molecule has 0 atom stereocenters. The maximum Gasteiger partial charge on any atom is 0.156 e. The van der Waals surface area contributed by atoms with Crippen LogP contribution < -0.4 is 10.2 Å². The van der Waals surface area contributed by atoms with Crippen LogP contribution in [0.4, 0.5) is 15.9 Å². The lowest BCUT2D eigenvalue weighted by molar-refractivity contribution is 0.252. The van der Waals surface area contributed by atoms with E-state index >= 15 is 0 Å². The van der Waals surface area contributed by atoms with Crippen molar-refractivity contribution < 1.29 is 4.39 Å². The van der Waals surface area contributed by atoms with Crippen molar-refractivity contribution in [2.75, 3.05) is 23.8 Å². The van der Waals surface area contributed by atoms with Crippen LogP contribution in [0.3, 0.4) is 0 Å². The molecule has 4 nitrogen and oxygen atoms in total. The number of benzene rings is 1. The Morgan fingerprint density at radius 1 is 1.23 bits per heavy atom. The highest BCUT2D eigenvalue weighted by Crippen LogP contribution is 2.43. The molecule has 1 fully saturated rings. The first-order valence-corrected chi connectivity index (χ1v) is 7.98. The molecule has 0 radical (unpaired) electrons. The second-order valence-electron chi connectivity index (χ2n) is 6.07. The smallest absolute Gasteiger partial charge is 0.156 e. The Hall–Kier alpha value is -1.91. The summed E-state index contributed by atoms with van der Waals surface area (Å²) in [5, 5.41) is 13.1. The van der Waals surface area contributed by atoms with E-state index in [-0.39, 0.29) is 11.4 Å². The summed E-state index contributed by atoms with van der Waals surface area (Å²) in [7, 11) is 1.81. The zero-order valence-electron chi connectivity index (χ0n) is 13.7. The van der Waals surface area contributed by atoms with Gasteiger partial charge in [-0.25, -0.2) is 4.39 Å². The predicted molar refractivity (Wildman–Crippen MR) is 89.1 cm³/mol. The van der Waals surface area contributed by atoms with E-state index in [1.54, 1.807) is 6.07 Å². The lowest BCUT2D eigenvalue weighted by Crippen LogP contribution is -2.59. The van der Waals surface area contributed by atoms with E-state index in [0.717, 1.165) is 42.3 Å². The van der Waals surface area contributed by atoms with Crippen LogP contribution >= 0.6 is 0 Å². The molecule has 0 aliphatic carbocycles. The van der Waals surface area contributed by atoms with Crippen LogP contribution in [0.25, 0.3) is 10.8 Å². The average molecular weight is 302 g/mol. The van der Waals surface area contributed by atoms with E-state index in [0.29, 0.717) is 11.5 Å². The number of aryl methyl sites for hydroxylation is 1. The maximum absolute atomic E-state index is 14.7. The van der Waals surface area contributed by atoms with Gasteiger partial charge in [-0.2, -0.15) is 5.10 Å². The van der Waals surface area contributed by atoms with Crippen molar-refractivity contribution in [2.24, 2.45) is 0 Å². The van der Waals surface area contributed by atoms with Gasteiger partial charge in [0.25, 0.3) is 0 Å². The Morgan fingerprint density at radius 2 is 1.95 bits per heavy atom. The van der Waals surface area contributed by atoms with E-state index in [4.69, 9.17) is 0 Å². The van der Waals surface area contributed by atoms with Gasteiger partial charge >= 0.3 is 0 Å². The minimum Gasteiger partial charge on any atom is -0.371 e. The number of hydrogen-bond donors (Lipinski definition) is 1. The Kier molecular flexibility index (Phi) is 3.67. The molecule has 22 heavy (non-hydrogen) atoms. The number of halogens is 1. The zero-order valence-corrected chi connectivity index (χ0v) is 13.7. The highest BCUT2D eigenvalue weighted by molar-refractivity contribution is 5.95. The van der Waals surface area contributed by atoms with Crippen LogP contribution in [-0.4, -0.2) is 29.3 Å². The summed E-state index contributed by atoms with van der Waals surface area (Å²) in [6.07, 6.45) is 3.20. The third-order valence-corrected chi connectivity index (χ3v) is 5.25. The van der Waals surface area contributed by atoms with Crippen LogP contribution in [0.15, 0.2) is 12.1 Å². The number of anilines is 2. The van der Waals surface area contributed by atoms with Gasteiger partial charge in [0.1, 0.15) is 5.82 Å². The van der Waals surface area contributed by atoms with E-state index in [1.807, 2.05) is 20.0 Å². The second kappa shape index (κ2) is 5.38. The first kappa shape index (κ1) is 15.0. The molecule has 0 amide bonds. The van der Waals surface area contributed by atoms with Gasteiger partial charge in [0.2, 0.25) is 0 Å². The minimum atomic E-state index is -0.170. The minimum absolute atomic E-state index is 0.101. The standard InChI is InChI=1S/C17H23FN4/c1-5-17(6-2)7-8-22(17)15-10-13-12(9-14(15)18)11(3)20-21-16(13)19-4/h9-10H,5-8H2,1-4H3,(H,19,21). The summed E-state index contributed by atoms with van der Waals surface area (Å²) < 4.78 is 14.7. The van der Waals surface area contributed by atoms with Gasteiger partial charge in [0.05, 0.1) is 11.4 Å². The Bertz CT molecular complexity index is 704. The van der Waals surface area contributed by atoms with E-state index in [9.17, 15) is 4.39 Å². The first-order valence-electron chi connectivity index (χ1n) is 7.98. The van der Waals surface area contributed by atoms with Gasteiger partial charge in [-0.1, -0.05) is 13.8 Å². The molecule has 1 aromatic heterocycles. The molecule has 0 spiro atoms. The SMILES string of the molecule is CCC1(CC)CCN1c1cc2c(NC)nnc(C)c2cc1F.